The first-order valence-electron chi connectivity index (χ1n) is 11.5. The highest BCUT2D eigenvalue weighted by atomic mass is 19.2. The molecule has 2 aliphatic heterocycles. The number of nitrogens with zero attached hydrogens (tertiary/aromatic N) is 3. The minimum atomic E-state index is -1.25. The van der Waals surface area contributed by atoms with E-state index < -0.39 is 17.4 Å². The Labute approximate surface area is 194 Å². The lowest BCUT2D eigenvalue weighted by Crippen LogP contribution is -2.44. The summed E-state index contributed by atoms with van der Waals surface area (Å²) in [6, 6.07) is 8.05. The van der Waals surface area contributed by atoms with Gasteiger partial charge in [0.2, 0.25) is 5.82 Å². The van der Waals surface area contributed by atoms with Gasteiger partial charge in [0.1, 0.15) is 5.65 Å². The van der Waals surface area contributed by atoms with Crippen molar-refractivity contribution in [2.75, 3.05) is 32.0 Å². The number of phenols is 1. The van der Waals surface area contributed by atoms with Gasteiger partial charge >= 0.3 is 0 Å². The third kappa shape index (κ3) is 3.86. The molecule has 2 aliphatic rings. The number of aromatic hydroxyl groups is 1. The molecule has 3 N–H and O–H groups in total. The third-order valence-electron chi connectivity index (χ3n) is 6.98. The SMILES string of the molecule is CNc1cc(CNC2CCN(CC3Cn4c(=O)ccc5ccc(=O)n3c54)CC2)c(F)c(F)c1O. The zero-order valence-corrected chi connectivity index (χ0v) is 18.9. The summed E-state index contributed by atoms with van der Waals surface area (Å²) in [4.78, 5) is 27.2. The molecule has 2 aromatic heterocycles. The van der Waals surface area contributed by atoms with E-state index in [-0.39, 0.29) is 41.0 Å². The fraction of sp³-hybridized carbons (Fsp3) is 0.417. The highest BCUT2D eigenvalue weighted by Crippen LogP contribution is 2.31. The smallest absolute Gasteiger partial charge is 0.252 e. The van der Waals surface area contributed by atoms with E-state index in [1.807, 2.05) is 0 Å². The molecule has 1 atom stereocenters. The Balaban J connectivity index is 1.21. The maximum Gasteiger partial charge on any atom is 0.252 e. The van der Waals surface area contributed by atoms with Gasteiger partial charge in [-0.3, -0.25) is 18.7 Å². The van der Waals surface area contributed by atoms with Gasteiger partial charge in [0, 0.05) is 55.8 Å². The number of anilines is 1. The summed E-state index contributed by atoms with van der Waals surface area (Å²) >= 11 is 0. The average Bonchev–Trinajstić information content (AvgIpc) is 3.23. The molecule has 0 aliphatic carbocycles. The average molecular weight is 472 g/mol. The van der Waals surface area contributed by atoms with E-state index in [0.29, 0.717) is 18.7 Å². The van der Waals surface area contributed by atoms with Gasteiger partial charge in [-0.15, -0.1) is 0 Å². The second-order valence-electron chi connectivity index (χ2n) is 9.02. The molecule has 8 nitrogen and oxygen atoms in total. The monoisotopic (exact) mass is 471 g/mol. The lowest BCUT2D eigenvalue weighted by Gasteiger charge is -2.34. The number of hydrogen-bond donors (Lipinski definition) is 3. The molecule has 1 fully saturated rings. The molecule has 34 heavy (non-hydrogen) atoms. The molecule has 0 spiro atoms. The van der Waals surface area contributed by atoms with Crippen LogP contribution in [0.5, 0.6) is 5.75 Å². The molecular weight excluding hydrogens is 444 g/mol. The van der Waals surface area contributed by atoms with Crippen molar-refractivity contribution >= 4 is 16.7 Å². The molecule has 1 unspecified atom stereocenters. The maximum absolute atomic E-state index is 14.2. The van der Waals surface area contributed by atoms with Crippen molar-refractivity contribution in [3.8, 4) is 5.75 Å². The van der Waals surface area contributed by atoms with Gasteiger partial charge in [-0.05, 0) is 44.1 Å². The summed E-state index contributed by atoms with van der Waals surface area (Å²) in [7, 11) is 1.53. The van der Waals surface area contributed by atoms with Crippen molar-refractivity contribution in [3.63, 3.8) is 0 Å². The Morgan fingerprint density at radius 2 is 1.76 bits per heavy atom. The maximum atomic E-state index is 14.2. The van der Waals surface area contributed by atoms with Crippen LogP contribution in [0.15, 0.2) is 39.9 Å². The van der Waals surface area contributed by atoms with Crippen LogP contribution < -0.4 is 21.8 Å². The van der Waals surface area contributed by atoms with Crippen molar-refractivity contribution in [1.82, 2.24) is 19.4 Å². The summed E-state index contributed by atoms with van der Waals surface area (Å²) < 4.78 is 31.6. The molecule has 180 valence electrons. The van der Waals surface area contributed by atoms with Crippen molar-refractivity contribution in [2.45, 2.75) is 38.0 Å². The van der Waals surface area contributed by atoms with E-state index in [4.69, 9.17) is 0 Å². The number of pyridine rings is 2. The lowest BCUT2D eigenvalue weighted by atomic mass is 10.0. The number of piperidine rings is 1. The number of likely N-dealkylation sites (tertiary alicyclic amines) is 1. The largest absolute Gasteiger partial charge is 0.503 e. The first kappa shape index (κ1) is 22.5. The van der Waals surface area contributed by atoms with Gasteiger partial charge in [0.15, 0.2) is 11.6 Å². The fourth-order valence-electron chi connectivity index (χ4n) is 5.15. The standard InChI is InChI=1S/C24H27F2N5O3/c1-27-18-10-15(21(25)22(26)23(18)34)11-28-16-6-8-29(9-7-16)12-17-13-30-19(32)4-2-14-3-5-20(33)31(17)24(14)30/h2-5,10,16-17,27-28,34H,6-9,11-13H2,1H3. The van der Waals surface area contributed by atoms with Crippen LogP contribution in [0.4, 0.5) is 14.5 Å². The van der Waals surface area contributed by atoms with E-state index in [1.165, 1.54) is 13.1 Å². The van der Waals surface area contributed by atoms with Crippen molar-refractivity contribution < 1.29 is 13.9 Å². The number of halogens is 2. The molecule has 0 radical (unpaired) electrons. The molecule has 1 aromatic carbocycles. The van der Waals surface area contributed by atoms with Gasteiger partial charge < -0.3 is 20.6 Å². The summed E-state index contributed by atoms with van der Waals surface area (Å²) in [5, 5.41) is 16.5. The van der Waals surface area contributed by atoms with Crippen molar-refractivity contribution in [2.24, 2.45) is 0 Å². The zero-order chi connectivity index (χ0) is 24.0. The molecule has 0 bridgehead atoms. The van der Waals surface area contributed by atoms with Crippen LogP contribution in [0, 0.1) is 11.6 Å². The molecule has 3 aromatic rings. The topological polar surface area (TPSA) is 91.5 Å². The number of aromatic nitrogens is 2. The summed E-state index contributed by atoms with van der Waals surface area (Å²) in [5.74, 6) is -3.01. The number of nitrogens with one attached hydrogen (secondary N) is 2. The van der Waals surface area contributed by atoms with Gasteiger partial charge in [0.05, 0.1) is 11.7 Å². The van der Waals surface area contributed by atoms with E-state index >= 15 is 0 Å². The quantitative estimate of drug-likeness (QED) is 0.477. The molecule has 0 amide bonds. The van der Waals surface area contributed by atoms with E-state index in [0.717, 1.165) is 31.3 Å². The Bertz CT molecular complexity index is 1360. The number of rotatable bonds is 6. The summed E-state index contributed by atoms with van der Waals surface area (Å²) in [6.07, 6.45) is 1.64. The predicted octanol–water partition coefficient (Wildman–Crippen LogP) is 2.00. The lowest BCUT2D eigenvalue weighted by molar-refractivity contribution is 0.171. The molecule has 4 heterocycles. The van der Waals surface area contributed by atoms with Gasteiger partial charge in [-0.1, -0.05) is 0 Å². The van der Waals surface area contributed by atoms with Gasteiger partial charge in [0.25, 0.3) is 11.1 Å². The van der Waals surface area contributed by atoms with Crippen LogP contribution in [0.3, 0.4) is 0 Å². The van der Waals surface area contributed by atoms with Crippen molar-refractivity contribution in [1.29, 1.82) is 0 Å². The summed E-state index contributed by atoms with van der Waals surface area (Å²) in [5.41, 5.74) is 0.786. The molecule has 0 saturated carbocycles. The van der Waals surface area contributed by atoms with Gasteiger partial charge in [-0.25, -0.2) is 4.39 Å². The predicted molar refractivity (Wildman–Crippen MR) is 125 cm³/mol. The Morgan fingerprint density at radius 3 is 2.47 bits per heavy atom. The van der Waals surface area contributed by atoms with Crippen LogP contribution in [0.1, 0.15) is 24.4 Å². The highest BCUT2D eigenvalue weighted by molar-refractivity contribution is 5.76. The Kier molecular flexibility index (Phi) is 5.86. The first-order valence-corrected chi connectivity index (χ1v) is 11.5. The van der Waals surface area contributed by atoms with E-state index in [2.05, 4.69) is 15.5 Å². The third-order valence-corrected chi connectivity index (χ3v) is 6.98. The second-order valence-corrected chi connectivity index (χ2v) is 9.02. The summed E-state index contributed by atoms with van der Waals surface area (Å²) in [6.45, 7) is 2.88. The molecular formula is C24H27F2N5O3. The number of benzene rings is 1. The van der Waals surface area contributed by atoms with Gasteiger partial charge in [-0.2, -0.15) is 4.39 Å². The number of hydrogen-bond acceptors (Lipinski definition) is 6. The van der Waals surface area contributed by atoms with Crippen LogP contribution in [-0.4, -0.2) is 51.9 Å². The fourth-order valence-corrected chi connectivity index (χ4v) is 5.15. The van der Waals surface area contributed by atoms with Crippen molar-refractivity contribution in [3.05, 3.63) is 68.2 Å². The minimum absolute atomic E-state index is 0.100. The first-order chi connectivity index (χ1) is 16.4. The highest BCUT2D eigenvalue weighted by Gasteiger charge is 2.29. The minimum Gasteiger partial charge on any atom is -0.503 e. The molecule has 1 saturated heterocycles. The number of phenolic OH excluding ortho intramolecular Hbond substituents is 1. The van der Waals surface area contributed by atoms with Crippen LogP contribution in [0.2, 0.25) is 0 Å². The molecule has 10 heteroatoms. The van der Waals surface area contributed by atoms with Crippen LogP contribution in [-0.2, 0) is 13.1 Å². The normalized spacial score (nSPS) is 18.6. The van der Waals surface area contributed by atoms with Crippen LogP contribution in [0.25, 0.3) is 11.0 Å². The zero-order valence-electron chi connectivity index (χ0n) is 18.9. The Morgan fingerprint density at radius 1 is 1.06 bits per heavy atom. The second kappa shape index (κ2) is 8.84. The van der Waals surface area contributed by atoms with E-state index in [1.54, 1.807) is 33.4 Å². The van der Waals surface area contributed by atoms with E-state index in [9.17, 15) is 23.5 Å². The Hall–Kier alpha value is -3.24. The molecule has 5 rings (SSSR count). The van der Waals surface area contributed by atoms with Crippen LogP contribution >= 0.6 is 0 Å².